The highest BCUT2D eigenvalue weighted by atomic mass is 79.9. The van der Waals surface area contributed by atoms with E-state index in [9.17, 15) is 5.11 Å². The van der Waals surface area contributed by atoms with Gasteiger partial charge >= 0.3 is 0 Å². The molecule has 0 saturated heterocycles. The van der Waals surface area contributed by atoms with E-state index in [1.807, 2.05) is 13.0 Å². The summed E-state index contributed by atoms with van der Waals surface area (Å²) < 4.78 is 0.755. The minimum Gasteiger partial charge on any atom is -0.388 e. The van der Waals surface area contributed by atoms with Crippen molar-refractivity contribution in [3.8, 4) is 0 Å². The van der Waals surface area contributed by atoms with Gasteiger partial charge in [-0.1, -0.05) is 34.1 Å². The molecule has 0 fully saturated rings. The van der Waals surface area contributed by atoms with Gasteiger partial charge in [0.05, 0.1) is 5.60 Å². The van der Waals surface area contributed by atoms with Crippen LogP contribution in [0.5, 0.6) is 0 Å². The second kappa shape index (κ2) is 6.18. The molecule has 1 heterocycles. The van der Waals surface area contributed by atoms with E-state index < -0.39 is 5.60 Å². The van der Waals surface area contributed by atoms with Gasteiger partial charge in [-0.25, -0.2) is 9.97 Å². The number of nitrogens with zero attached hydrogens (tertiary/aromatic N) is 2. The molecule has 0 radical (unpaired) electrons. The van der Waals surface area contributed by atoms with E-state index in [0.717, 1.165) is 29.1 Å². The van der Waals surface area contributed by atoms with Crippen LogP contribution in [0.15, 0.2) is 10.7 Å². The second-order valence-corrected chi connectivity index (χ2v) is 7.06. The van der Waals surface area contributed by atoms with Crippen molar-refractivity contribution >= 4 is 21.7 Å². The number of hydrogen-bond acceptors (Lipinski definition) is 4. The molecule has 0 aliphatic rings. The average Bonchev–Trinajstić information content (AvgIpc) is 2.24. The zero-order chi connectivity index (χ0) is 14.7. The first-order valence-corrected chi connectivity index (χ1v) is 7.45. The van der Waals surface area contributed by atoms with Gasteiger partial charge in [-0.2, -0.15) is 0 Å². The number of aromatic nitrogens is 2. The maximum atomic E-state index is 10.2. The lowest BCUT2D eigenvalue weighted by atomic mass is 9.96. The molecule has 0 spiro atoms. The van der Waals surface area contributed by atoms with Crippen LogP contribution in [0.3, 0.4) is 0 Å². The van der Waals surface area contributed by atoms with Crippen molar-refractivity contribution in [2.24, 2.45) is 0 Å². The monoisotopic (exact) mass is 329 g/mol. The Morgan fingerprint density at radius 2 is 1.89 bits per heavy atom. The van der Waals surface area contributed by atoms with Crippen molar-refractivity contribution in [3.05, 3.63) is 16.5 Å². The average molecular weight is 330 g/mol. The summed E-state index contributed by atoms with van der Waals surface area (Å²) in [5.74, 6) is 1.52. The first kappa shape index (κ1) is 16.4. The Bertz CT molecular complexity index is 427. The van der Waals surface area contributed by atoms with E-state index in [0.29, 0.717) is 6.54 Å². The molecule has 0 aliphatic heterocycles. The van der Waals surface area contributed by atoms with E-state index in [1.165, 1.54) is 0 Å². The summed E-state index contributed by atoms with van der Waals surface area (Å²) in [5, 5.41) is 13.3. The fourth-order valence-corrected chi connectivity index (χ4v) is 2.14. The number of anilines is 1. The number of halogens is 1. The van der Waals surface area contributed by atoms with E-state index in [-0.39, 0.29) is 5.41 Å². The summed E-state index contributed by atoms with van der Waals surface area (Å²) in [6.45, 7) is 10.6. The number of hydrogen-bond donors (Lipinski definition) is 2. The zero-order valence-corrected chi connectivity index (χ0v) is 14.0. The Hall–Kier alpha value is -0.680. The molecule has 108 valence electrons. The zero-order valence-electron chi connectivity index (χ0n) is 12.4. The van der Waals surface area contributed by atoms with Gasteiger partial charge in [0.2, 0.25) is 0 Å². The molecular weight excluding hydrogens is 306 g/mol. The number of aliphatic hydroxyl groups is 1. The van der Waals surface area contributed by atoms with Gasteiger partial charge < -0.3 is 10.4 Å². The van der Waals surface area contributed by atoms with Crippen LogP contribution < -0.4 is 5.32 Å². The lowest BCUT2D eigenvalue weighted by Gasteiger charge is -2.24. The normalized spacial score (nSPS) is 15.1. The Kier molecular flexibility index (Phi) is 5.33. The molecule has 1 aromatic heterocycles. The molecule has 1 aromatic rings. The van der Waals surface area contributed by atoms with Crippen LogP contribution in [0.1, 0.15) is 53.3 Å². The molecule has 1 atom stereocenters. The molecule has 0 aromatic carbocycles. The van der Waals surface area contributed by atoms with Gasteiger partial charge in [-0.15, -0.1) is 0 Å². The minimum atomic E-state index is -0.714. The quantitative estimate of drug-likeness (QED) is 0.812. The third kappa shape index (κ3) is 5.45. The van der Waals surface area contributed by atoms with Crippen LogP contribution in [0.2, 0.25) is 0 Å². The van der Waals surface area contributed by atoms with Crippen LogP contribution >= 0.6 is 15.9 Å². The van der Waals surface area contributed by atoms with Gasteiger partial charge in [-0.05, 0) is 29.3 Å². The topological polar surface area (TPSA) is 58.0 Å². The summed E-state index contributed by atoms with van der Waals surface area (Å²) in [7, 11) is 0. The second-order valence-electron chi connectivity index (χ2n) is 6.25. The summed E-state index contributed by atoms with van der Waals surface area (Å²) in [6, 6.07) is 1.83. The highest BCUT2D eigenvalue weighted by Gasteiger charge is 2.21. The predicted molar refractivity (Wildman–Crippen MR) is 82.5 cm³/mol. The van der Waals surface area contributed by atoms with Crippen LogP contribution in [-0.2, 0) is 5.41 Å². The van der Waals surface area contributed by atoms with Crippen LogP contribution in [-0.4, -0.2) is 27.2 Å². The lowest BCUT2D eigenvalue weighted by Crippen LogP contribution is -2.33. The largest absolute Gasteiger partial charge is 0.388 e. The smallest absolute Gasteiger partial charge is 0.137 e. The van der Waals surface area contributed by atoms with E-state index >= 15 is 0 Å². The molecule has 0 saturated carbocycles. The molecular formula is C14H24BrN3O. The Balaban J connectivity index is 2.82. The van der Waals surface area contributed by atoms with Gasteiger partial charge in [0.15, 0.2) is 0 Å². The maximum absolute atomic E-state index is 10.2. The van der Waals surface area contributed by atoms with Crippen molar-refractivity contribution < 1.29 is 5.11 Å². The van der Waals surface area contributed by atoms with Gasteiger partial charge in [-0.3, -0.25) is 0 Å². The molecule has 0 aliphatic carbocycles. The number of rotatable bonds is 5. The molecule has 0 amide bonds. The SMILES string of the molecule is CCCC(C)(O)CNc1cc(Br)nc(C(C)(C)C)n1. The molecule has 0 bridgehead atoms. The Morgan fingerprint density at radius 3 is 2.42 bits per heavy atom. The van der Waals surface area contributed by atoms with E-state index in [1.54, 1.807) is 0 Å². The Labute approximate surface area is 124 Å². The molecule has 2 N–H and O–H groups in total. The standard InChI is InChI=1S/C14H24BrN3O/c1-6-7-14(5,19)9-16-11-8-10(15)17-12(18-11)13(2,3)4/h8,19H,6-7,9H2,1-5H3,(H,16,17,18). The fourth-order valence-electron chi connectivity index (χ4n) is 1.75. The highest BCUT2D eigenvalue weighted by molar-refractivity contribution is 9.10. The van der Waals surface area contributed by atoms with Crippen molar-refractivity contribution in [1.29, 1.82) is 0 Å². The first-order valence-electron chi connectivity index (χ1n) is 6.65. The summed E-state index contributed by atoms with van der Waals surface area (Å²) in [5.41, 5.74) is -0.819. The highest BCUT2D eigenvalue weighted by Crippen LogP contribution is 2.23. The molecule has 1 rings (SSSR count). The third-order valence-corrected chi connectivity index (χ3v) is 3.21. The molecule has 5 heteroatoms. The summed E-state index contributed by atoms with van der Waals surface area (Å²) in [4.78, 5) is 8.89. The lowest BCUT2D eigenvalue weighted by molar-refractivity contribution is 0.0636. The van der Waals surface area contributed by atoms with Crippen molar-refractivity contribution in [1.82, 2.24) is 9.97 Å². The van der Waals surface area contributed by atoms with E-state index in [2.05, 4.69) is 58.9 Å². The molecule has 19 heavy (non-hydrogen) atoms. The van der Waals surface area contributed by atoms with Crippen LogP contribution in [0.25, 0.3) is 0 Å². The van der Waals surface area contributed by atoms with Crippen molar-refractivity contribution in [2.75, 3.05) is 11.9 Å². The minimum absolute atomic E-state index is 0.105. The van der Waals surface area contributed by atoms with Crippen molar-refractivity contribution in [3.63, 3.8) is 0 Å². The summed E-state index contributed by atoms with van der Waals surface area (Å²) in [6.07, 6.45) is 1.72. The fraction of sp³-hybridized carbons (Fsp3) is 0.714. The van der Waals surface area contributed by atoms with Crippen molar-refractivity contribution in [2.45, 2.75) is 58.5 Å². The van der Waals surface area contributed by atoms with Crippen LogP contribution in [0, 0.1) is 0 Å². The van der Waals surface area contributed by atoms with E-state index in [4.69, 9.17) is 0 Å². The van der Waals surface area contributed by atoms with Gasteiger partial charge in [0.1, 0.15) is 16.2 Å². The first-order chi connectivity index (χ1) is 8.64. The molecule has 4 nitrogen and oxygen atoms in total. The predicted octanol–water partition coefficient (Wildman–Crippen LogP) is 3.50. The van der Waals surface area contributed by atoms with Gasteiger partial charge in [0.25, 0.3) is 0 Å². The number of nitrogens with one attached hydrogen (secondary N) is 1. The van der Waals surface area contributed by atoms with Gasteiger partial charge in [0, 0.05) is 18.0 Å². The third-order valence-electron chi connectivity index (χ3n) is 2.80. The maximum Gasteiger partial charge on any atom is 0.137 e. The molecule has 1 unspecified atom stereocenters. The Morgan fingerprint density at radius 1 is 1.26 bits per heavy atom. The summed E-state index contributed by atoms with van der Waals surface area (Å²) >= 11 is 3.40. The van der Waals surface area contributed by atoms with Crippen LogP contribution in [0.4, 0.5) is 5.82 Å².